The second kappa shape index (κ2) is 9.09. The third kappa shape index (κ3) is 4.68. The maximum Gasteiger partial charge on any atom is 0.397 e. The van der Waals surface area contributed by atoms with E-state index < -0.39 is 81.0 Å². The van der Waals surface area contributed by atoms with E-state index >= 15 is 0 Å². The lowest BCUT2D eigenvalue weighted by atomic mass is 9.89. The molecule has 2 heterocycles. The van der Waals surface area contributed by atoms with Crippen LogP contribution >= 0.6 is 0 Å². The molecule has 14 heteroatoms. The van der Waals surface area contributed by atoms with Crippen LogP contribution < -0.4 is 5.43 Å². The van der Waals surface area contributed by atoms with Crippen molar-refractivity contribution in [2.75, 3.05) is 6.61 Å². The van der Waals surface area contributed by atoms with Crippen LogP contribution in [0.4, 0.5) is 0 Å². The highest BCUT2D eigenvalue weighted by atomic mass is 32.3. The Hall–Kier alpha value is -3.24. The number of aliphatic hydroxyl groups is 3. The fourth-order valence-corrected chi connectivity index (χ4v) is 4.43. The molecule has 5 atom stereocenters. The maximum absolute atomic E-state index is 12.9. The Labute approximate surface area is 196 Å². The van der Waals surface area contributed by atoms with Gasteiger partial charge in [-0.05, 0) is 24.3 Å². The van der Waals surface area contributed by atoms with E-state index in [1.807, 2.05) is 0 Å². The van der Waals surface area contributed by atoms with Gasteiger partial charge in [0.2, 0.25) is 0 Å². The van der Waals surface area contributed by atoms with Crippen LogP contribution in [0.1, 0.15) is 11.7 Å². The summed E-state index contributed by atoms with van der Waals surface area (Å²) >= 11 is 0. The van der Waals surface area contributed by atoms with Gasteiger partial charge >= 0.3 is 10.4 Å². The summed E-state index contributed by atoms with van der Waals surface area (Å²) in [5, 5.41) is 60.2. The molecule has 1 aliphatic heterocycles. The Morgan fingerprint density at radius 3 is 2.23 bits per heavy atom. The summed E-state index contributed by atoms with van der Waals surface area (Å²) in [6.07, 6.45) is -9.36. The molecule has 0 unspecified atom stereocenters. The van der Waals surface area contributed by atoms with Crippen LogP contribution in [0.5, 0.6) is 17.2 Å². The van der Waals surface area contributed by atoms with Crippen molar-refractivity contribution in [3.8, 4) is 28.6 Å². The molecule has 0 radical (unpaired) electrons. The third-order valence-electron chi connectivity index (χ3n) is 5.53. The number of hydrogen-bond acceptors (Lipinski definition) is 12. The lowest BCUT2D eigenvalue weighted by molar-refractivity contribution is -0.225. The molecular weight excluding hydrogens is 492 g/mol. The number of rotatable bonds is 5. The van der Waals surface area contributed by atoms with Crippen LogP contribution in [-0.4, -0.2) is 74.6 Å². The van der Waals surface area contributed by atoms with Crippen molar-refractivity contribution in [2.45, 2.75) is 30.5 Å². The van der Waals surface area contributed by atoms with Crippen LogP contribution in [0.3, 0.4) is 0 Å². The smallest absolute Gasteiger partial charge is 0.397 e. The van der Waals surface area contributed by atoms with Gasteiger partial charge in [0.05, 0.1) is 12.2 Å². The Balaban J connectivity index is 2.00. The fraction of sp³-hybridized carbons (Fsp3) is 0.286. The molecule has 3 aromatic rings. The molecule has 0 spiro atoms. The molecule has 1 saturated heterocycles. The van der Waals surface area contributed by atoms with Gasteiger partial charge in [-0.3, -0.25) is 9.35 Å². The zero-order chi connectivity index (χ0) is 25.7. The number of ether oxygens (including phenoxy) is 1. The summed E-state index contributed by atoms with van der Waals surface area (Å²) in [4.78, 5) is 12.9. The molecule has 7 N–H and O–H groups in total. The molecule has 2 aromatic carbocycles. The van der Waals surface area contributed by atoms with E-state index in [1.165, 1.54) is 24.3 Å². The number of aliphatic hydroxyl groups excluding tert-OH is 3. The lowest BCUT2D eigenvalue weighted by Gasteiger charge is -2.41. The van der Waals surface area contributed by atoms with Gasteiger partial charge < -0.3 is 39.8 Å². The number of fused-ring (bicyclic) bond motifs is 1. The first-order valence-corrected chi connectivity index (χ1v) is 11.4. The number of aromatic hydroxyl groups is 3. The molecule has 0 saturated carbocycles. The van der Waals surface area contributed by atoms with Gasteiger partial charge in [0.1, 0.15) is 58.9 Å². The minimum atomic E-state index is -5.24. The van der Waals surface area contributed by atoms with Gasteiger partial charge in [0.25, 0.3) is 0 Å². The topological polar surface area (TPSA) is 224 Å². The normalized spacial score (nSPS) is 25.1. The van der Waals surface area contributed by atoms with E-state index in [0.717, 1.165) is 12.1 Å². The molecular formula is C21H20O13S. The first-order chi connectivity index (χ1) is 16.4. The first-order valence-electron chi connectivity index (χ1n) is 10.0. The molecule has 1 fully saturated rings. The Morgan fingerprint density at radius 1 is 0.971 bits per heavy atom. The quantitative estimate of drug-likeness (QED) is 0.222. The highest BCUT2D eigenvalue weighted by Crippen LogP contribution is 2.44. The second-order valence-corrected chi connectivity index (χ2v) is 8.85. The van der Waals surface area contributed by atoms with Gasteiger partial charge in [-0.25, -0.2) is 4.18 Å². The summed E-state index contributed by atoms with van der Waals surface area (Å²) in [7, 11) is -5.24. The van der Waals surface area contributed by atoms with Crippen LogP contribution in [0.2, 0.25) is 0 Å². The first kappa shape index (κ1) is 24.9. The van der Waals surface area contributed by atoms with E-state index in [2.05, 4.69) is 4.18 Å². The van der Waals surface area contributed by atoms with Crippen LogP contribution in [0.25, 0.3) is 22.3 Å². The summed E-state index contributed by atoms with van der Waals surface area (Å²) in [6.45, 7) is -0.854. The zero-order valence-corrected chi connectivity index (χ0v) is 18.4. The Bertz CT molecular complexity index is 1410. The molecule has 1 aliphatic rings. The summed E-state index contributed by atoms with van der Waals surface area (Å²) in [5.41, 5.74) is -1.45. The van der Waals surface area contributed by atoms with Crippen molar-refractivity contribution in [3.63, 3.8) is 0 Å². The van der Waals surface area contributed by atoms with Crippen molar-refractivity contribution in [3.05, 3.63) is 52.2 Å². The second-order valence-electron chi connectivity index (χ2n) is 7.80. The minimum Gasteiger partial charge on any atom is -0.508 e. The molecule has 4 rings (SSSR count). The van der Waals surface area contributed by atoms with E-state index in [-0.39, 0.29) is 11.5 Å². The van der Waals surface area contributed by atoms with Crippen molar-refractivity contribution in [1.82, 2.24) is 0 Å². The van der Waals surface area contributed by atoms with Gasteiger partial charge in [-0.15, -0.1) is 0 Å². The SMILES string of the molecule is O=c1cc(-c2ccc(O)cc2)oc2c([C@@H]3O[C@H](CO)[C@@H](O)[C@H](O)[C@H]3OS(=O)(=O)O)c(O)cc(O)c12. The van der Waals surface area contributed by atoms with E-state index in [4.69, 9.17) is 9.15 Å². The average Bonchev–Trinajstić information content (AvgIpc) is 2.77. The Morgan fingerprint density at radius 2 is 1.63 bits per heavy atom. The monoisotopic (exact) mass is 512 g/mol. The molecule has 0 aliphatic carbocycles. The molecule has 188 valence electrons. The van der Waals surface area contributed by atoms with E-state index in [1.54, 1.807) is 0 Å². The standard InChI is InChI=1S/C21H20O13S/c22-7-14-17(27)18(28)21(34-35(29,30)31)20(33-14)16-11(25)5-10(24)15-12(26)6-13(32-19(15)16)8-1-3-9(23)4-2-8/h1-6,14,17-18,20-25,27-28H,7H2,(H,29,30,31)/t14-,17-,18+,20+,21-/m1/s1. The maximum atomic E-state index is 12.9. The van der Waals surface area contributed by atoms with Crippen LogP contribution in [0.15, 0.2) is 45.6 Å². The van der Waals surface area contributed by atoms with Crippen molar-refractivity contribution < 1.29 is 56.9 Å². The van der Waals surface area contributed by atoms with Crippen molar-refractivity contribution in [2.24, 2.45) is 0 Å². The van der Waals surface area contributed by atoms with Gasteiger partial charge in [-0.1, -0.05) is 0 Å². The molecule has 13 nitrogen and oxygen atoms in total. The predicted octanol–water partition coefficient (Wildman–Crippen LogP) is -0.0812. The Kier molecular flexibility index (Phi) is 6.46. The number of phenolic OH excluding ortho intramolecular Hbond substituents is 3. The fourth-order valence-electron chi connectivity index (χ4n) is 3.94. The summed E-state index contributed by atoms with van der Waals surface area (Å²) < 4.78 is 47.9. The van der Waals surface area contributed by atoms with Crippen molar-refractivity contribution >= 4 is 21.4 Å². The lowest BCUT2D eigenvalue weighted by Crippen LogP contribution is -2.56. The van der Waals surface area contributed by atoms with Gasteiger partial charge in [0, 0.05) is 17.7 Å². The molecule has 35 heavy (non-hydrogen) atoms. The van der Waals surface area contributed by atoms with Crippen molar-refractivity contribution in [1.29, 1.82) is 0 Å². The summed E-state index contributed by atoms with van der Waals surface area (Å²) in [6, 6.07) is 7.21. The highest BCUT2D eigenvalue weighted by molar-refractivity contribution is 7.80. The minimum absolute atomic E-state index is 0.0729. The van der Waals surface area contributed by atoms with E-state index in [9.17, 15) is 48.4 Å². The van der Waals surface area contributed by atoms with Crippen LogP contribution in [-0.2, 0) is 19.3 Å². The zero-order valence-electron chi connectivity index (χ0n) is 17.5. The van der Waals surface area contributed by atoms with Gasteiger partial charge in [-0.2, -0.15) is 8.42 Å². The number of benzene rings is 2. The number of hydrogen-bond donors (Lipinski definition) is 7. The number of phenols is 3. The third-order valence-corrected chi connectivity index (χ3v) is 6.00. The molecule has 0 bridgehead atoms. The molecule has 0 amide bonds. The average molecular weight is 512 g/mol. The van der Waals surface area contributed by atoms with Gasteiger partial charge in [0.15, 0.2) is 11.0 Å². The summed E-state index contributed by atoms with van der Waals surface area (Å²) in [5.74, 6) is -1.64. The highest BCUT2D eigenvalue weighted by Gasteiger charge is 2.49. The van der Waals surface area contributed by atoms with Crippen LogP contribution in [0, 0.1) is 0 Å². The molecule has 1 aromatic heterocycles. The largest absolute Gasteiger partial charge is 0.508 e. The van der Waals surface area contributed by atoms with E-state index in [0.29, 0.717) is 5.56 Å². The predicted molar refractivity (Wildman–Crippen MR) is 116 cm³/mol.